The first-order chi connectivity index (χ1) is 14.6. The molecule has 3 heterocycles. The quantitative estimate of drug-likeness (QED) is 0.443. The van der Waals surface area contributed by atoms with Crippen molar-refractivity contribution in [1.82, 2.24) is 15.0 Å². The summed E-state index contributed by atoms with van der Waals surface area (Å²) in [4.78, 5) is 39.3. The highest BCUT2D eigenvalue weighted by atomic mass is 16.7. The minimum atomic E-state index is -0.421. The van der Waals surface area contributed by atoms with E-state index in [1.807, 2.05) is 37.3 Å². The molecule has 2 amide bonds. The van der Waals surface area contributed by atoms with E-state index >= 15 is 0 Å². The monoisotopic (exact) mass is 403 g/mol. The van der Waals surface area contributed by atoms with Crippen molar-refractivity contribution in [3.8, 4) is 17.1 Å². The molecule has 0 unspecified atom stereocenters. The second-order valence-electron chi connectivity index (χ2n) is 6.93. The minimum Gasteiger partial charge on any atom is -0.497 e. The highest BCUT2D eigenvalue weighted by Gasteiger charge is 2.36. The smallest absolute Gasteiger partial charge is 0.285 e. The maximum Gasteiger partial charge on any atom is 0.285 e. The summed E-state index contributed by atoms with van der Waals surface area (Å²) in [5.74, 6) is -0.107. The Morgan fingerprint density at radius 3 is 2.33 bits per heavy atom. The Morgan fingerprint density at radius 2 is 1.63 bits per heavy atom. The van der Waals surface area contributed by atoms with Crippen LogP contribution in [0.25, 0.3) is 11.4 Å². The molecule has 4 rings (SSSR count). The summed E-state index contributed by atoms with van der Waals surface area (Å²) < 4.78 is 5.31. The molecule has 0 aliphatic carbocycles. The van der Waals surface area contributed by atoms with Gasteiger partial charge in [-0.15, -0.1) is 5.06 Å². The Labute approximate surface area is 174 Å². The van der Waals surface area contributed by atoms with E-state index in [1.165, 1.54) is 0 Å². The predicted molar refractivity (Wildman–Crippen MR) is 110 cm³/mol. The number of hydrogen-bond donors (Lipinski definition) is 0. The van der Waals surface area contributed by atoms with Crippen molar-refractivity contribution in [2.24, 2.45) is 0 Å². The zero-order valence-electron chi connectivity index (χ0n) is 16.8. The third kappa shape index (κ3) is 3.92. The fraction of sp³-hybridized carbons (Fsp3) is 0.217. The number of pyridine rings is 2. The molecule has 0 atom stereocenters. The number of amides is 2. The highest BCUT2D eigenvalue weighted by Crippen LogP contribution is 2.23. The molecule has 0 saturated heterocycles. The molecular weight excluding hydrogens is 382 g/mol. The second-order valence-corrected chi connectivity index (χ2v) is 6.93. The molecule has 7 heteroatoms. The van der Waals surface area contributed by atoms with E-state index in [-0.39, 0.29) is 6.61 Å². The van der Waals surface area contributed by atoms with Gasteiger partial charge in [0, 0.05) is 23.5 Å². The summed E-state index contributed by atoms with van der Waals surface area (Å²) in [6.45, 7) is 2.14. The maximum atomic E-state index is 12.3. The van der Waals surface area contributed by atoms with Crippen LogP contribution in [0.15, 0.2) is 54.6 Å². The summed E-state index contributed by atoms with van der Waals surface area (Å²) in [6, 6.07) is 16.2. The third-order valence-corrected chi connectivity index (χ3v) is 4.79. The number of methoxy groups -OCH3 is 1. The van der Waals surface area contributed by atoms with Crippen molar-refractivity contribution in [1.29, 1.82) is 0 Å². The van der Waals surface area contributed by atoms with Crippen molar-refractivity contribution < 1.29 is 19.2 Å². The van der Waals surface area contributed by atoms with Gasteiger partial charge in [0.2, 0.25) is 0 Å². The van der Waals surface area contributed by atoms with E-state index in [9.17, 15) is 9.59 Å². The van der Waals surface area contributed by atoms with Crippen molar-refractivity contribution in [3.63, 3.8) is 0 Å². The number of aryl methyl sites for hydroxylation is 2. The first-order valence-corrected chi connectivity index (χ1v) is 9.66. The largest absolute Gasteiger partial charge is 0.497 e. The van der Waals surface area contributed by atoms with Crippen LogP contribution >= 0.6 is 0 Å². The number of hydroxylamine groups is 2. The Morgan fingerprint density at radius 1 is 0.900 bits per heavy atom. The average Bonchev–Trinajstić information content (AvgIpc) is 3.01. The molecule has 2 aromatic heterocycles. The Kier molecular flexibility index (Phi) is 5.54. The Hall–Kier alpha value is -3.58. The molecule has 7 nitrogen and oxygen atoms in total. The standard InChI is InChI=1S/C23H21N3O4/c1-15-13-17(29-2)14-21(24-15)20-11-5-7-16(25-20)8-6-12-30-26-22(27)18-9-3-4-10-19(18)23(26)28/h3-5,7,9-11,13-14H,6,8,12H2,1-2H3. The molecule has 3 aromatic rings. The summed E-state index contributed by atoms with van der Waals surface area (Å²) >= 11 is 0. The zero-order chi connectivity index (χ0) is 21.1. The number of carbonyl (C=O) groups excluding carboxylic acids is 2. The topological polar surface area (TPSA) is 81.6 Å². The van der Waals surface area contributed by atoms with Crippen LogP contribution in [0, 0.1) is 6.92 Å². The number of imide groups is 1. The molecule has 1 aromatic carbocycles. The maximum absolute atomic E-state index is 12.3. The normalized spacial score (nSPS) is 12.9. The van der Waals surface area contributed by atoms with Gasteiger partial charge in [-0.1, -0.05) is 18.2 Å². The van der Waals surface area contributed by atoms with E-state index in [0.29, 0.717) is 24.0 Å². The highest BCUT2D eigenvalue weighted by molar-refractivity contribution is 6.20. The molecule has 30 heavy (non-hydrogen) atoms. The van der Waals surface area contributed by atoms with Crippen molar-refractivity contribution >= 4 is 11.8 Å². The van der Waals surface area contributed by atoms with Crippen molar-refractivity contribution in [3.05, 3.63) is 77.1 Å². The number of rotatable bonds is 7. The molecule has 0 N–H and O–H groups in total. The van der Waals surface area contributed by atoms with Crippen LogP contribution in [0.5, 0.6) is 5.75 Å². The minimum absolute atomic E-state index is 0.230. The third-order valence-electron chi connectivity index (χ3n) is 4.79. The van der Waals surface area contributed by atoms with Crippen LogP contribution in [0.4, 0.5) is 0 Å². The van der Waals surface area contributed by atoms with Gasteiger partial charge >= 0.3 is 0 Å². The van der Waals surface area contributed by atoms with Crippen molar-refractivity contribution in [2.45, 2.75) is 19.8 Å². The second kappa shape index (κ2) is 8.42. The van der Waals surface area contributed by atoms with Crippen LogP contribution in [0.3, 0.4) is 0 Å². The van der Waals surface area contributed by atoms with Gasteiger partial charge in [-0.25, -0.2) is 0 Å². The SMILES string of the molecule is COc1cc(C)nc(-c2cccc(CCCON3C(=O)c4ccccc4C3=O)n2)c1. The summed E-state index contributed by atoms with van der Waals surface area (Å²) in [6.07, 6.45) is 1.24. The summed E-state index contributed by atoms with van der Waals surface area (Å²) in [5.41, 5.74) is 3.98. The van der Waals surface area contributed by atoms with Gasteiger partial charge in [-0.05, 0) is 44.0 Å². The van der Waals surface area contributed by atoms with Gasteiger partial charge in [0.25, 0.3) is 11.8 Å². The predicted octanol–water partition coefficient (Wildman–Crippen LogP) is 3.62. The number of aromatic nitrogens is 2. The van der Waals surface area contributed by atoms with Gasteiger partial charge in [0.1, 0.15) is 5.75 Å². The number of ether oxygens (including phenoxy) is 1. The van der Waals surface area contributed by atoms with Gasteiger partial charge in [0.15, 0.2) is 0 Å². The lowest BCUT2D eigenvalue weighted by Gasteiger charge is -2.13. The molecule has 152 valence electrons. The van der Waals surface area contributed by atoms with Gasteiger partial charge in [0.05, 0.1) is 36.2 Å². The van der Waals surface area contributed by atoms with Crippen LogP contribution in [0.2, 0.25) is 0 Å². The fourth-order valence-corrected chi connectivity index (χ4v) is 3.34. The molecule has 0 spiro atoms. The lowest BCUT2D eigenvalue weighted by atomic mass is 10.1. The zero-order valence-corrected chi connectivity index (χ0v) is 16.8. The van der Waals surface area contributed by atoms with Gasteiger partial charge < -0.3 is 4.74 Å². The number of benzene rings is 1. The van der Waals surface area contributed by atoms with Crippen LogP contribution in [-0.4, -0.2) is 40.6 Å². The van der Waals surface area contributed by atoms with E-state index in [0.717, 1.165) is 33.6 Å². The number of nitrogens with zero attached hydrogens (tertiary/aromatic N) is 3. The first-order valence-electron chi connectivity index (χ1n) is 9.66. The summed E-state index contributed by atoms with van der Waals surface area (Å²) in [5, 5.41) is 0.845. The average molecular weight is 403 g/mol. The number of carbonyl (C=O) groups is 2. The van der Waals surface area contributed by atoms with Crippen LogP contribution in [-0.2, 0) is 11.3 Å². The van der Waals surface area contributed by atoms with Crippen LogP contribution in [0.1, 0.15) is 38.5 Å². The van der Waals surface area contributed by atoms with Gasteiger partial charge in [-0.2, -0.15) is 0 Å². The lowest BCUT2D eigenvalue weighted by Crippen LogP contribution is -2.30. The molecular formula is C23H21N3O4. The fourth-order valence-electron chi connectivity index (χ4n) is 3.34. The number of fused-ring (bicyclic) bond motifs is 1. The molecule has 1 aliphatic rings. The Balaban J connectivity index is 1.37. The molecule has 1 aliphatic heterocycles. The van der Waals surface area contributed by atoms with Crippen LogP contribution < -0.4 is 4.74 Å². The molecule has 0 radical (unpaired) electrons. The van der Waals surface area contributed by atoms with Gasteiger partial charge in [-0.3, -0.25) is 24.4 Å². The Bertz CT molecular complexity index is 1080. The molecule has 0 fully saturated rings. The summed E-state index contributed by atoms with van der Waals surface area (Å²) in [7, 11) is 1.62. The molecule has 0 saturated carbocycles. The van der Waals surface area contributed by atoms with E-state index in [2.05, 4.69) is 9.97 Å². The first kappa shape index (κ1) is 19.7. The van der Waals surface area contributed by atoms with E-state index in [1.54, 1.807) is 31.4 Å². The van der Waals surface area contributed by atoms with E-state index in [4.69, 9.17) is 9.57 Å². The number of hydrogen-bond acceptors (Lipinski definition) is 6. The van der Waals surface area contributed by atoms with E-state index < -0.39 is 11.8 Å². The molecule has 0 bridgehead atoms. The van der Waals surface area contributed by atoms with Crippen molar-refractivity contribution in [2.75, 3.05) is 13.7 Å². The lowest BCUT2D eigenvalue weighted by molar-refractivity contribution is -0.0918.